The van der Waals surface area contributed by atoms with Crippen molar-refractivity contribution >= 4 is 27.3 Å². The molecule has 2 aromatic heterocycles. The Morgan fingerprint density at radius 1 is 1.20 bits per heavy atom. The van der Waals surface area contributed by atoms with Crippen molar-refractivity contribution < 1.29 is 0 Å². The molecule has 0 amide bonds. The quantitative estimate of drug-likeness (QED) is 0.569. The van der Waals surface area contributed by atoms with Crippen molar-refractivity contribution in [3.63, 3.8) is 0 Å². The van der Waals surface area contributed by atoms with Crippen LogP contribution in [-0.4, -0.2) is 9.97 Å². The molecule has 0 aliphatic carbocycles. The fraction of sp³-hybridized carbons (Fsp3) is 0.562. The first-order chi connectivity index (χ1) is 9.72. The highest BCUT2D eigenvalue weighted by atomic mass is 79.9. The molecule has 0 aromatic carbocycles. The zero-order chi connectivity index (χ0) is 14.4. The summed E-state index contributed by atoms with van der Waals surface area (Å²) in [5.41, 5.74) is 2.43. The predicted octanol–water partition coefficient (Wildman–Crippen LogP) is 6.11. The number of aromatic amines is 1. The van der Waals surface area contributed by atoms with Gasteiger partial charge in [-0.3, -0.25) is 0 Å². The molecule has 0 aliphatic rings. The van der Waals surface area contributed by atoms with Crippen molar-refractivity contribution in [1.29, 1.82) is 0 Å². The van der Waals surface area contributed by atoms with Crippen LogP contribution in [0, 0.1) is 6.92 Å². The van der Waals surface area contributed by atoms with E-state index < -0.39 is 0 Å². The van der Waals surface area contributed by atoms with Gasteiger partial charge in [-0.05, 0) is 47.1 Å². The molecule has 0 spiro atoms. The summed E-state index contributed by atoms with van der Waals surface area (Å²) in [6.07, 6.45) is 9.10. The summed E-state index contributed by atoms with van der Waals surface area (Å²) in [6, 6.07) is 2.10. The van der Waals surface area contributed by atoms with Gasteiger partial charge in [0.1, 0.15) is 11.5 Å². The van der Waals surface area contributed by atoms with E-state index in [2.05, 4.69) is 44.3 Å². The number of nitrogens with zero attached hydrogens (tertiary/aromatic N) is 1. The number of unbranched alkanes of at least 4 members (excludes halogenated alkanes) is 5. The Labute approximate surface area is 134 Å². The second kappa shape index (κ2) is 7.99. The Bertz CT molecular complexity index is 530. The van der Waals surface area contributed by atoms with Crippen molar-refractivity contribution in [2.24, 2.45) is 0 Å². The molecule has 0 bridgehead atoms. The first kappa shape index (κ1) is 15.8. The monoisotopic (exact) mass is 354 g/mol. The first-order valence-corrected chi connectivity index (χ1v) is 9.18. The number of nitrogens with one attached hydrogen (secondary N) is 1. The molecule has 0 saturated carbocycles. The average molecular weight is 355 g/mol. The Kier molecular flexibility index (Phi) is 6.30. The second-order valence-corrected chi connectivity index (χ2v) is 7.04. The van der Waals surface area contributed by atoms with Gasteiger partial charge in [0.2, 0.25) is 0 Å². The lowest BCUT2D eigenvalue weighted by Gasteiger charge is -2.02. The Hall–Kier alpha value is -0.610. The minimum atomic E-state index is 1.02. The van der Waals surface area contributed by atoms with E-state index in [0.29, 0.717) is 0 Å². The lowest BCUT2D eigenvalue weighted by atomic mass is 10.1. The van der Waals surface area contributed by atoms with Gasteiger partial charge >= 0.3 is 0 Å². The molecule has 2 heterocycles. The third-order valence-electron chi connectivity index (χ3n) is 3.51. The average Bonchev–Trinajstić information content (AvgIpc) is 2.99. The van der Waals surface area contributed by atoms with Crippen LogP contribution in [0.15, 0.2) is 15.9 Å². The highest BCUT2D eigenvalue weighted by Crippen LogP contribution is 2.34. The van der Waals surface area contributed by atoms with E-state index in [4.69, 9.17) is 0 Å². The highest BCUT2D eigenvalue weighted by Gasteiger charge is 2.14. The highest BCUT2D eigenvalue weighted by molar-refractivity contribution is 9.10. The SMILES string of the molecule is CCCCCCCCc1[nH]c(C)nc1-c1sccc1Br. The number of halogens is 1. The van der Waals surface area contributed by atoms with Crippen LogP contribution in [0.3, 0.4) is 0 Å². The van der Waals surface area contributed by atoms with E-state index >= 15 is 0 Å². The van der Waals surface area contributed by atoms with E-state index in [-0.39, 0.29) is 0 Å². The van der Waals surface area contributed by atoms with Gasteiger partial charge in [-0.25, -0.2) is 4.98 Å². The smallest absolute Gasteiger partial charge is 0.103 e. The number of aromatic nitrogens is 2. The van der Waals surface area contributed by atoms with E-state index in [1.807, 2.05) is 6.92 Å². The van der Waals surface area contributed by atoms with Gasteiger partial charge in [0.05, 0.1) is 4.88 Å². The maximum absolute atomic E-state index is 4.67. The Morgan fingerprint density at radius 3 is 2.65 bits per heavy atom. The maximum Gasteiger partial charge on any atom is 0.103 e. The van der Waals surface area contributed by atoms with Crippen LogP contribution < -0.4 is 0 Å². The van der Waals surface area contributed by atoms with Crippen molar-refractivity contribution in [1.82, 2.24) is 9.97 Å². The Morgan fingerprint density at radius 2 is 1.95 bits per heavy atom. The molecular weight excluding hydrogens is 332 g/mol. The van der Waals surface area contributed by atoms with Gasteiger partial charge in [-0.15, -0.1) is 11.3 Å². The molecule has 2 aromatic rings. The number of hydrogen-bond acceptors (Lipinski definition) is 2. The van der Waals surface area contributed by atoms with Crippen LogP contribution in [0.5, 0.6) is 0 Å². The van der Waals surface area contributed by atoms with Crippen LogP contribution in [-0.2, 0) is 6.42 Å². The molecule has 0 atom stereocenters. The third kappa shape index (κ3) is 4.19. The van der Waals surface area contributed by atoms with Crippen molar-refractivity contribution in [2.45, 2.75) is 58.8 Å². The molecule has 0 fully saturated rings. The number of rotatable bonds is 8. The van der Waals surface area contributed by atoms with E-state index in [0.717, 1.165) is 22.4 Å². The zero-order valence-corrected chi connectivity index (χ0v) is 14.7. The molecule has 20 heavy (non-hydrogen) atoms. The summed E-state index contributed by atoms with van der Waals surface area (Å²) in [5, 5.41) is 2.11. The normalized spacial score (nSPS) is 11.2. The van der Waals surface area contributed by atoms with E-state index in [1.165, 1.54) is 49.1 Å². The molecule has 2 nitrogen and oxygen atoms in total. The number of H-pyrrole nitrogens is 1. The van der Waals surface area contributed by atoms with Crippen LogP contribution in [0.1, 0.15) is 57.0 Å². The van der Waals surface area contributed by atoms with Crippen LogP contribution in [0.2, 0.25) is 0 Å². The Balaban J connectivity index is 1.93. The summed E-state index contributed by atoms with van der Waals surface area (Å²) in [6.45, 7) is 4.30. The van der Waals surface area contributed by atoms with E-state index in [9.17, 15) is 0 Å². The summed E-state index contributed by atoms with van der Waals surface area (Å²) >= 11 is 5.36. The van der Waals surface area contributed by atoms with Crippen molar-refractivity contribution in [3.8, 4) is 10.6 Å². The molecule has 2 rings (SSSR count). The predicted molar refractivity (Wildman–Crippen MR) is 91.4 cm³/mol. The number of hydrogen-bond donors (Lipinski definition) is 1. The molecule has 4 heteroatoms. The van der Waals surface area contributed by atoms with Gasteiger partial charge < -0.3 is 4.98 Å². The summed E-state index contributed by atoms with van der Waals surface area (Å²) in [7, 11) is 0. The molecule has 1 N–H and O–H groups in total. The molecule has 0 saturated heterocycles. The van der Waals surface area contributed by atoms with Gasteiger partial charge in [0.25, 0.3) is 0 Å². The topological polar surface area (TPSA) is 28.7 Å². The minimum absolute atomic E-state index is 1.02. The third-order valence-corrected chi connectivity index (χ3v) is 5.35. The standard InChI is InChI=1S/C16H23BrN2S/c1-3-4-5-6-7-8-9-14-15(19-12(2)18-14)16-13(17)10-11-20-16/h10-11H,3-9H2,1-2H3,(H,18,19). The zero-order valence-electron chi connectivity index (χ0n) is 12.3. The van der Waals surface area contributed by atoms with Gasteiger partial charge in [0.15, 0.2) is 0 Å². The lowest BCUT2D eigenvalue weighted by Crippen LogP contribution is -1.90. The molecule has 0 aliphatic heterocycles. The van der Waals surface area contributed by atoms with Gasteiger partial charge in [0, 0.05) is 10.2 Å². The van der Waals surface area contributed by atoms with E-state index in [1.54, 1.807) is 11.3 Å². The lowest BCUT2D eigenvalue weighted by molar-refractivity contribution is 0.605. The number of imidazole rings is 1. The van der Waals surface area contributed by atoms with Crippen molar-refractivity contribution in [3.05, 3.63) is 27.4 Å². The molecule has 0 unspecified atom stereocenters. The van der Waals surface area contributed by atoms with Gasteiger partial charge in [-0.2, -0.15) is 0 Å². The first-order valence-electron chi connectivity index (χ1n) is 7.51. The fourth-order valence-electron chi connectivity index (χ4n) is 2.45. The van der Waals surface area contributed by atoms with Gasteiger partial charge in [-0.1, -0.05) is 39.0 Å². The molecule has 0 radical (unpaired) electrons. The minimum Gasteiger partial charge on any atom is -0.346 e. The molecular formula is C16H23BrN2S. The van der Waals surface area contributed by atoms with Crippen LogP contribution >= 0.6 is 27.3 Å². The number of thiophene rings is 1. The van der Waals surface area contributed by atoms with Crippen LogP contribution in [0.4, 0.5) is 0 Å². The fourth-order valence-corrected chi connectivity index (χ4v) is 4.03. The van der Waals surface area contributed by atoms with Crippen LogP contribution in [0.25, 0.3) is 10.6 Å². The maximum atomic E-state index is 4.67. The largest absolute Gasteiger partial charge is 0.346 e. The molecule has 110 valence electrons. The summed E-state index contributed by atoms with van der Waals surface area (Å²) in [4.78, 5) is 9.35. The summed E-state index contributed by atoms with van der Waals surface area (Å²) in [5.74, 6) is 1.02. The second-order valence-electron chi connectivity index (χ2n) is 5.26. The van der Waals surface area contributed by atoms with Crippen molar-refractivity contribution in [2.75, 3.05) is 0 Å². The summed E-state index contributed by atoms with van der Waals surface area (Å²) < 4.78 is 1.15. The number of aryl methyl sites for hydroxylation is 2.